The van der Waals surface area contributed by atoms with Crippen molar-refractivity contribution < 1.29 is 9.18 Å². The van der Waals surface area contributed by atoms with Crippen LogP contribution >= 0.6 is 11.8 Å². The summed E-state index contributed by atoms with van der Waals surface area (Å²) >= 11 is 1.86. The molecule has 0 aromatic carbocycles. The minimum atomic E-state index is -0.555. The predicted octanol–water partition coefficient (Wildman–Crippen LogP) is 3.01. The number of rotatable bonds is 3. The van der Waals surface area contributed by atoms with Crippen LogP contribution in [0.2, 0.25) is 0 Å². The van der Waals surface area contributed by atoms with Crippen LogP contribution in [0, 0.1) is 5.82 Å². The Bertz CT molecular complexity index is 522. The molecule has 1 fully saturated rings. The van der Waals surface area contributed by atoms with Gasteiger partial charge in [-0.15, -0.1) is 0 Å². The fraction of sp³-hybridized carbons (Fsp3) is 0.600. The van der Waals surface area contributed by atoms with Crippen molar-refractivity contribution >= 4 is 23.5 Å². The summed E-state index contributed by atoms with van der Waals surface area (Å²) < 4.78 is 14.5. The highest BCUT2D eigenvalue weighted by atomic mass is 32.2. The van der Waals surface area contributed by atoms with Gasteiger partial charge >= 0.3 is 0 Å². The third-order valence-electron chi connectivity index (χ3n) is 3.59. The largest absolute Gasteiger partial charge is 0.368 e. The molecule has 0 unspecified atom stereocenters. The van der Waals surface area contributed by atoms with E-state index < -0.39 is 5.82 Å². The number of thioether (sulfide) groups is 1. The monoisotopic (exact) mass is 311 g/mol. The highest BCUT2D eigenvalue weighted by Gasteiger charge is 2.28. The molecule has 1 saturated heterocycles. The zero-order chi connectivity index (χ0) is 15.5. The zero-order valence-corrected chi connectivity index (χ0v) is 13.6. The number of halogens is 1. The molecule has 0 spiro atoms. The Labute approximate surface area is 129 Å². The predicted molar refractivity (Wildman–Crippen MR) is 85.4 cm³/mol. The van der Waals surface area contributed by atoms with E-state index in [4.69, 9.17) is 0 Å². The Morgan fingerprint density at radius 1 is 1.52 bits per heavy atom. The highest BCUT2D eigenvalue weighted by molar-refractivity contribution is 8.00. The van der Waals surface area contributed by atoms with E-state index in [9.17, 15) is 9.18 Å². The zero-order valence-electron chi connectivity index (χ0n) is 12.8. The van der Waals surface area contributed by atoms with Crippen LogP contribution in [-0.2, 0) is 0 Å². The minimum Gasteiger partial charge on any atom is -0.368 e. The molecule has 1 aliphatic rings. The molecular formula is C15H22FN3OS. The van der Waals surface area contributed by atoms with Gasteiger partial charge in [0.05, 0.1) is 5.56 Å². The topological polar surface area (TPSA) is 45.2 Å². The van der Waals surface area contributed by atoms with E-state index in [1.807, 2.05) is 18.7 Å². The third-order valence-corrected chi connectivity index (χ3v) is 4.96. The summed E-state index contributed by atoms with van der Waals surface area (Å²) in [6.45, 7) is 8.12. The van der Waals surface area contributed by atoms with Crippen molar-refractivity contribution in [3.8, 4) is 0 Å². The van der Waals surface area contributed by atoms with E-state index in [-0.39, 0.29) is 22.0 Å². The number of anilines is 1. The number of carbonyl (C=O) groups excluding carboxylic acids is 1. The number of carbonyl (C=O) groups is 1. The Morgan fingerprint density at radius 2 is 2.29 bits per heavy atom. The number of hydrogen-bond donors (Lipinski definition) is 1. The summed E-state index contributed by atoms with van der Waals surface area (Å²) in [5, 5.41) is 2.84. The standard InChI is InChI=1S/C15H22FN3OS/c1-4-17-13-12(16)11(5-7-18-13)14(20)19-8-6-15(2,3)21-10-9-19/h5,7H,4,6,8-10H2,1-3H3,(H,17,18). The third kappa shape index (κ3) is 3.87. The van der Waals surface area contributed by atoms with Crippen LogP contribution in [0.1, 0.15) is 37.6 Å². The first kappa shape index (κ1) is 16.1. The van der Waals surface area contributed by atoms with Crippen molar-refractivity contribution in [3.63, 3.8) is 0 Å². The SMILES string of the molecule is CCNc1nccc(C(=O)N2CCSC(C)(C)CC2)c1F. The van der Waals surface area contributed by atoms with Crippen LogP contribution in [0.3, 0.4) is 0 Å². The van der Waals surface area contributed by atoms with E-state index in [0.717, 1.165) is 12.2 Å². The smallest absolute Gasteiger partial charge is 0.257 e. The van der Waals surface area contributed by atoms with Gasteiger partial charge in [0.2, 0.25) is 0 Å². The first-order chi connectivity index (χ1) is 9.94. The van der Waals surface area contributed by atoms with Crippen molar-refractivity contribution in [3.05, 3.63) is 23.6 Å². The molecule has 1 aromatic heterocycles. The molecule has 1 amide bonds. The van der Waals surface area contributed by atoms with Crippen molar-refractivity contribution in [2.24, 2.45) is 0 Å². The van der Waals surface area contributed by atoms with Gasteiger partial charge in [0, 0.05) is 36.3 Å². The van der Waals surface area contributed by atoms with E-state index >= 15 is 0 Å². The van der Waals surface area contributed by atoms with Crippen molar-refractivity contribution in [2.45, 2.75) is 31.9 Å². The summed E-state index contributed by atoms with van der Waals surface area (Å²) in [4.78, 5) is 18.2. The van der Waals surface area contributed by atoms with Crippen LogP contribution in [0.15, 0.2) is 12.3 Å². The highest BCUT2D eigenvalue weighted by Crippen LogP contribution is 2.31. The fourth-order valence-electron chi connectivity index (χ4n) is 2.29. The molecule has 2 rings (SSSR count). The molecule has 1 aliphatic heterocycles. The van der Waals surface area contributed by atoms with Gasteiger partial charge in [0.25, 0.3) is 5.91 Å². The second-order valence-electron chi connectivity index (χ2n) is 5.70. The molecule has 21 heavy (non-hydrogen) atoms. The van der Waals surface area contributed by atoms with Crippen molar-refractivity contribution in [1.82, 2.24) is 9.88 Å². The van der Waals surface area contributed by atoms with E-state index in [2.05, 4.69) is 24.1 Å². The lowest BCUT2D eigenvalue weighted by Crippen LogP contribution is -2.34. The molecule has 0 radical (unpaired) electrons. The number of hydrogen-bond acceptors (Lipinski definition) is 4. The Morgan fingerprint density at radius 3 is 3.00 bits per heavy atom. The molecule has 4 nitrogen and oxygen atoms in total. The number of pyridine rings is 1. The molecule has 0 bridgehead atoms. The maximum Gasteiger partial charge on any atom is 0.257 e. The second kappa shape index (κ2) is 6.64. The van der Waals surface area contributed by atoms with E-state index in [1.165, 1.54) is 12.3 Å². The van der Waals surface area contributed by atoms with Crippen LogP contribution in [0.25, 0.3) is 0 Å². The number of nitrogens with one attached hydrogen (secondary N) is 1. The van der Waals surface area contributed by atoms with Gasteiger partial charge in [-0.1, -0.05) is 13.8 Å². The fourth-order valence-corrected chi connectivity index (χ4v) is 3.39. The Kier molecular flexibility index (Phi) is 5.08. The van der Waals surface area contributed by atoms with Gasteiger partial charge in [0.1, 0.15) is 0 Å². The van der Waals surface area contributed by atoms with E-state index in [0.29, 0.717) is 19.6 Å². The molecule has 1 N–H and O–H groups in total. The van der Waals surface area contributed by atoms with Gasteiger partial charge in [-0.3, -0.25) is 4.79 Å². The number of nitrogens with zero attached hydrogens (tertiary/aromatic N) is 2. The summed E-state index contributed by atoms with van der Waals surface area (Å²) in [6, 6.07) is 1.46. The lowest BCUT2D eigenvalue weighted by molar-refractivity contribution is 0.0760. The minimum absolute atomic E-state index is 0.102. The van der Waals surface area contributed by atoms with Crippen molar-refractivity contribution in [1.29, 1.82) is 0 Å². The Hall–Kier alpha value is -1.30. The lowest BCUT2D eigenvalue weighted by atomic mass is 10.1. The number of aromatic nitrogens is 1. The summed E-state index contributed by atoms with van der Waals surface area (Å²) in [6.07, 6.45) is 2.39. The first-order valence-corrected chi connectivity index (χ1v) is 8.25. The lowest BCUT2D eigenvalue weighted by Gasteiger charge is -2.23. The summed E-state index contributed by atoms with van der Waals surface area (Å²) in [5.41, 5.74) is 0.102. The van der Waals surface area contributed by atoms with Crippen LogP contribution in [0.4, 0.5) is 10.2 Å². The van der Waals surface area contributed by atoms with E-state index in [1.54, 1.807) is 4.90 Å². The Balaban J connectivity index is 2.18. The van der Waals surface area contributed by atoms with Crippen LogP contribution in [-0.4, -0.2) is 45.9 Å². The molecule has 116 valence electrons. The maximum absolute atomic E-state index is 14.3. The average molecular weight is 311 g/mol. The van der Waals surface area contributed by atoms with Gasteiger partial charge in [-0.05, 0) is 19.4 Å². The summed E-state index contributed by atoms with van der Waals surface area (Å²) in [7, 11) is 0. The van der Waals surface area contributed by atoms with Crippen LogP contribution in [0.5, 0.6) is 0 Å². The van der Waals surface area contributed by atoms with Gasteiger partial charge in [0.15, 0.2) is 11.6 Å². The van der Waals surface area contributed by atoms with Crippen molar-refractivity contribution in [2.75, 3.05) is 30.7 Å². The average Bonchev–Trinajstić information content (AvgIpc) is 2.62. The second-order valence-corrected chi connectivity index (χ2v) is 7.50. The van der Waals surface area contributed by atoms with Gasteiger partial charge < -0.3 is 10.2 Å². The molecule has 1 aromatic rings. The molecule has 0 atom stereocenters. The quantitative estimate of drug-likeness (QED) is 0.932. The number of amides is 1. The summed E-state index contributed by atoms with van der Waals surface area (Å²) in [5.74, 6) is 0.228. The molecular weight excluding hydrogens is 289 g/mol. The normalized spacial score (nSPS) is 18.2. The molecule has 2 heterocycles. The molecule has 0 aliphatic carbocycles. The molecule has 0 saturated carbocycles. The first-order valence-electron chi connectivity index (χ1n) is 7.26. The van der Waals surface area contributed by atoms with Gasteiger partial charge in [-0.25, -0.2) is 9.37 Å². The maximum atomic E-state index is 14.3. The van der Waals surface area contributed by atoms with Crippen LogP contribution < -0.4 is 5.32 Å². The molecule has 6 heteroatoms. The van der Waals surface area contributed by atoms with Gasteiger partial charge in [-0.2, -0.15) is 11.8 Å².